The van der Waals surface area contributed by atoms with Crippen LogP contribution in [0.4, 0.5) is 8.78 Å². The van der Waals surface area contributed by atoms with Crippen LogP contribution < -0.4 is 5.32 Å². The summed E-state index contributed by atoms with van der Waals surface area (Å²) in [6, 6.07) is 1.87. The second kappa shape index (κ2) is 5.72. The average molecular weight is 304 g/mol. The summed E-state index contributed by atoms with van der Waals surface area (Å²) in [6.45, 7) is -2.21. The van der Waals surface area contributed by atoms with E-state index in [0.29, 0.717) is 5.01 Å². The highest BCUT2D eigenvalue weighted by Gasteiger charge is 2.28. The van der Waals surface area contributed by atoms with Crippen LogP contribution in [-0.2, 0) is 0 Å². The molecule has 0 fully saturated rings. The number of aliphatic hydroxyl groups is 1. The van der Waals surface area contributed by atoms with E-state index in [4.69, 9.17) is 5.11 Å². The number of nitrogens with zero attached hydrogens (tertiary/aromatic N) is 1. The Bertz CT molecular complexity index is 555. The van der Waals surface area contributed by atoms with Crippen LogP contribution in [0.25, 0.3) is 10.6 Å². The molecular weight excluding hydrogens is 294 g/mol. The van der Waals surface area contributed by atoms with Crippen molar-refractivity contribution in [2.75, 3.05) is 13.2 Å². The number of carbonyl (C=O) groups excluding carboxylic acids is 1. The summed E-state index contributed by atoms with van der Waals surface area (Å²) in [6.07, 6.45) is 0. The molecule has 2 rings (SSSR count). The van der Waals surface area contributed by atoms with E-state index in [9.17, 15) is 13.6 Å². The fourth-order valence-corrected chi connectivity index (χ4v) is 2.77. The van der Waals surface area contributed by atoms with E-state index in [1.54, 1.807) is 0 Å². The van der Waals surface area contributed by atoms with Gasteiger partial charge >= 0.3 is 0 Å². The minimum absolute atomic E-state index is 0.0972. The molecule has 0 saturated carbocycles. The molecule has 0 aliphatic heterocycles. The molecule has 0 aromatic carbocycles. The first-order chi connectivity index (χ1) is 9.02. The third-order valence-corrected chi connectivity index (χ3v) is 3.82. The van der Waals surface area contributed by atoms with Crippen LogP contribution in [0.3, 0.4) is 0 Å². The molecule has 0 saturated heterocycles. The Kier molecular flexibility index (Phi) is 4.23. The quantitative estimate of drug-likeness (QED) is 0.890. The molecule has 2 aromatic rings. The molecule has 0 aliphatic rings. The molecular formula is C11H10F2N2O2S2. The smallest absolute Gasteiger partial charge is 0.287 e. The first kappa shape index (κ1) is 14.0. The monoisotopic (exact) mass is 304 g/mol. The van der Waals surface area contributed by atoms with Gasteiger partial charge in [-0.25, -0.2) is 13.8 Å². The maximum Gasteiger partial charge on any atom is 0.287 e. The molecule has 102 valence electrons. The Hall–Kier alpha value is -1.38. The van der Waals surface area contributed by atoms with Crippen LogP contribution >= 0.6 is 22.7 Å². The lowest BCUT2D eigenvalue weighted by Gasteiger charge is -2.12. The molecule has 0 radical (unpaired) electrons. The number of aromatic nitrogens is 1. The third-order valence-electron chi connectivity index (χ3n) is 2.24. The zero-order valence-electron chi connectivity index (χ0n) is 9.60. The van der Waals surface area contributed by atoms with Gasteiger partial charge < -0.3 is 10.4 Å². The van der Waals surface area contributed by atoms with Gasteiger partial charge in [0, 0.05) is 16.3 Å². The first-order valence-corrected chi connectivity index (χ1v) is 7.09. The van der Waals surface area contributed by atoms with Gasteiger partial charge in [0.25, 0.3) is 11.8 Å². The molecule has 2 aromatic heterocycles. The Morgan fingerprint density at radius 1 is 1.47 bits per heavy atom. The van der Waals surface area contributed by atoms with E-state index in [0.717, 1.165) is 5.56 Å². The highest BCUT2D eigenvalue weighted by Crippen LogP contribution is 2.25. The summed E-state index contributed by atoms with van der Waals surface area (Å²) >= 11 is 2.78. The number of nitrogens with one attached hydrogen (secondary N) is 1. The Balaban J connectivity index is 2.01. The van der Waals surface area contributed by atoms with Crippen molar-refractivity contribution < 1.29 is 18.7 Å². The van der Waals surface area contributed by atoms with Gasteiger partial charge in [-0.3, -0.25) is 4.79 Å². The normalized spacial score (nSPS) is 11.5. The maximum atomic E-state index is 12.8. The van der Waals surface area contributed by atoms with Gasteiger partial charge in [0.15, 0.2) is 0 Å². The molecule has 1 amide bonds. The molecule has 0 aliphatic carbocycles. The van der Waals surface area contributed by atoms with Gasteiger partial charge in [-0.05, 0) is 11.4 Å². The second-order valence-electron chi connectivity index (χ2n) is 3.75. The molecule has 0 bridgehead atoms. The van der Waals surface area contributed by atoms with Crippen LogP contribution in [0.1, 0.15) is 10.5 Å². The standard InChI is InChI=1S/C11H10F2N2O2S2/c12-11(13,6-16)5-14-9(17)8-4-19-10(15-8)7-1-2-18-3-7/h1-4,16H,5-6H2,(H,14,17). The number of alkyl halides is 2. The van der Waals surface area contributed by atoms with Crippen LogP contribution in [-0.4, -0.2) is 35.1 Å². The van der Waals surface area contributed by atoms with E-state index in [1.165, 1.54) is 28.1 Å². The number of rotatable bonds is 5. The molecule has 0 spiro atoms. The minimum Gasteiger partial charge on any atom is -0.390 e. The summed E-state index contributed by atoms with van der Waals surface area (Å²) < 4.78 is 25.6. The van der Waals surface area contributed by atoms with Crippen molar-refractivity contribution in [1.82, 2.24) is 10.3 Å². The van der Waals surface area contributed by atoms with Gasteiger partial charge in [-0.1, -0.05) is 0 Å². The molecule has 4 nitrogen and oxygen atoms in total. The summed E-state index contributed by atoms with van der Waals surface area (Å²) in [5.41, 5.74) is 0.995. The Labute approximate surface area is 115 Å². The van der Waals surface area contributed by atoms with E-state index in [-0.39, 0.29) is 5.69 Å². The zero-order valence-corrected chi connectivity index (χ0v) is 11.2. The van der Waals surface area contributed by atoms with E-state index < -0.39 is 25.0 Å². The number of amides is 1. The lowest BCUT2D eigenvalue weighted by atomic mass is 10.3. The van der Waals surface area contributed by atoms with Crippen molar-refractivity contribution in [2.24, 2.45) is 0 Å². The fourth-order valence-electron chi connectivity index (χ4n) is 1.25. The predicted octanol–water partition coefficient (Wildman–Crippen LogP) is 2.23. The van der Waals surface area contributed by atoms with Crippen molar-refractivity contribution in [1.29, 1.82) is 0 Å². The molecule has 2 heterocycles. The highest BCUT2D eigenvalue weighted by atomic mass is 32.1. The number of thiazole rings is 1. The van der Waals surface area contributed by atoms with Crippen LogP contribution in [0.2, 0.25) is 0 Å². The first-order valence-electron chi connectivity index (χ1n) is 5.27. The number of hydrogen-bond donors (Lipinski definition) is 2. The number of thiophene rings is 1. The second-order valence-corrected chi connectivity index (χ2v) is 5.38. The number of halogens is 2. The summed E-state index contributed by atoms with van der Waals surface area (Å²) in [4.78, 5) is 15.7. The average Bonchev–Trinajstić information content (AvgIpc) is 3.05. The summed E-state index contributed by atoms with van der Waals surface area (Å²) in [7, 11) is 0. The minimum atomic E-state index is -3.32. The van der Waals surface area contributed by atoms with Gasteiger partial charge in [0.2, 0.25) is 0 Å². The van der Waals surface area contributed by atoms with Gasteiger partial charge in [-0.2, -0.15) is 11.3 Å². The molecule has 0 atom stereocenters. The zero-order chi connectivity index (χ0) is 13.9. The van der Waals surface area contributed by atoms with Crippen molar-refractivity contribution in [3.63, 3.8) is 0 Å². The third kappa shape index (κ3) is 3.55. The van der Waals surface area contributed by atoms with Crippen LogP contribution in [0, 0.1) is 0 Å². The van der Waals surface area contributed by atoms with E-state index in [2.05, 4.69) is 4.98 Å². The van der Waals surface area contributed by atoms with E-state index in [1.807, 2.05) is 22.1 Å². The molecule has 2 N–H and O–H groups in total. The summed E-state index contributed by atoms with van der Waals surface area (Å²) in [5, 5.41) is 16.4. The summed E-state index contributed by atoms with van der Waals surface area (Å²) in [5.74, 6) is -3.99. The van der Waals surface area contributed by atoms with Crippen molar-refractivity contribution >= 4 is 28.6 Å². The highest BCUT2D eigenvalue weighted by molar-refractivity contribution is 7.14. The Morgan fingerprint density at radius 2 is 2.26 bits per heavy atom. The molecule has 8 heteroatoms. The van der Waals surface area contributed by atoms with Crippen molar-refractivity contribution in [3.8, 4) is 10.6 Å². The van der Waals surface area contributed by atoms with Gasteiger partial charge in [0.05, 0.1) is 6.54 Å². The van der Waals surface area contributed by atoms with Crippen molar-refractivity contribution in [3.05, 3.63) is 27.9 Å². The Morgan fingerprint density at radius 3 is 2.89 bits per heavy atom. The maximum absolute atomic E-state index is 12.8. The topological polar surface area (TPSA) is 62.2 Å². The van der Waals surface area contributed by atoms with Crippen LogP contribution in [0.15, 0.2) is 22.2 Å². The van der Waals surface area contributed by atoms with E-state index >= 15 is 0 Å². The molecule has 0 unspecified atom stereocenters. The van der Waals surface area contributed by atoms with Gasteiger partial charge in [0.1, 0.15) is 17.3 Å². The number of hydrogen-bond acceptors (Lipinski definition) is 5. The fraction of sp³-hybridized carbons (Fsp3) is 0.273. The van der Waals surface area contributed by atoms with Crippen LogP contribution in [0.5, 0.6) is 0 Å². The number of carbonyl (C=O) groups is 1. The number of aliphatic hydroxyl groups excluding tert-OH is 1. The van der Waals surface area contributed by atoms with Gasteiger partial charge in [-0.15, -0.1) is 11.3 Å². The van der Waals surface area contributed by atoms with Crippen molar-refractivity contribution in [2.45, 2.75) is 5.92 Å². The largest absolute Gasteiger partial charge is 0.390 e. The SMILES string of the molecule is O=C(NCC(F)(F)CO)c1csc(-c2ccsc2)n1. The predicted molar refractivity (Wildman–Crippen MR) is 69.8 cm³/mol. The lowest BCUT2D eigenvalue weighted by Crippen LogP contribution is -2.39. The lowest BCUT2D eigenvalue weighted by molar-refractivity contribution is -0.0462. The molecule has 19 heavy (non-hydrogen) atoms.